The molecule has 1 atom stereocenters. The molecule has 0 aromatic rings. The number of cyclic esters (lactones) is 1. The number of hydrogen-bond donors (Lipinski definition) is 0. The molecule has 2 aliphatic heterocycles. The van der Waals surface area contributed by atoms with Crippen molar-refractivity contribution in [3.8, 4) is 0 Å². The van der Waals surface area contributed by atoms with Crippen LogP contribution in [0.4, 0.5) is 4.79 Å². The van der Waals surface area contributed by atoms with Crippen molar-refractivity contribution in [3.05, 3.63) is 0 Å². The van der Waals surface area contributed by atoms with Gasteiger partial charge in [-0.25, -0.2) is 4.79 Å². The molecule has 0 bridgehead atoms. The van der Waals surface area contributed by atoms with Crippen molar-refractivity contribution >= 4 is 12.1 Å². The summed E-state index contributed by atoms with van der Waals surface area (Å²) in [6.45, 7) is 5.35. The van der Waals surface area contributed by atoms with Gasteiger partial charge in [0.1, 0.15) is 6.04 Å². The number of amides is 1. The first-order chi connectivity index (χ1) is 8.22. The predicted octanol–water partition coefficient (Wildman–Crippen LogP) is 0.0760. The lowest BCUT2D eigenvalue weighted by atomic mass is 10.2. The summed E-state index contributed by atoms with van der Waals surface area (Å²) >= 11 is 0. The zero-order chi connectivity index (χ0) is 12.3. The SMILES string of the molecule is CCOC(=O)N1CCN(C2CCOC2=O)CC1. The highest BCUT2D eigenvalue weighted by molar-refractivity contribution is 5.77. The lowest BCUT2D eigenvalue weighted by Crippen LogP contribution is -2.53. The van der Waals surface area contributed by atoms with E-state index in [-0.39, 0.29) is 18.1 Å². The molecule has 1 unspecified atom stereocenters. The molecule has 0 spiro atoms. The third-order valence-electron chi connectivity index (χ3n) is 3.19. The van der Waals surface area contributed by atoms with Crippen molar-refractivity contribution < 1.29 is 19.1 Å². The Morgan fingerprint density at radius 3 is 2.65 bits per heavy atom. The normalized spacial score (nSPS) is 25.8. The molecule has 0 saturated carbocycles. The molecule has 0 aromatic heterocycles. The average molecular weight is 242 g/mol. The maximum atomic E-state index is 11.5. The van der Waals surface area contributed by atoms with Crippen LogP contribution in [0.1, 0.15) is 13.3 Å². The lowest BCUT2D eigenvalue weighted by molar-refractivity contribution is -0.142. The highest BCUT2D eigenvalue weighted by atomic mass is 16.6. The van der Waals surface area contributed by atoms with Crippen molar-refractivity contribution in [2.45, 2.75) is 19.4 Å². The van der Waals surface area contributed by atoms with Crippen LogP contribution in [0.2, 0.25) is 0 Å². The Bertz CT molecular complexity index is 300. The summed E-state index contributed by atoms with van der Waals surface area (Å²) in [5.74, 6) is -0.130. The molecule has 96 valence electrons. The Kier molecular flexibility index (Phi) is 3.83. The van der Waals surface area contributed by atoms with Crippen LogP contribution in [-0.2, 0) is 14.3 Å². The van der Waals surface area contributed by atoms with E-state index in [1.54, 1.807) is 11.8 Å². The third kappa shape index (κ3) is 2.69. The fourth-order valence-electron chi connectivity index (χ4n) is 2.25. The second-order valence-corrected chi connectivity index (χ2v) is 4.19. The maximum Gasteiger partial charge on any atom is 0.409 e. The third-order valence-corrected chi connectivity index (χ3v) is 3.19. The zero-order valence-electron chi connectivity index (χ0n) is 10.1. The summed E-state index contributed by atoms with van der Waals surface area (Å²) in [6.07, 6.45) is 0.499. The van der Waals surface area contributed by atoms with Gasteiger partial charge < -0.3 is 14.4 Å². The fourth-order valence-corrected chi connectivity index (χ4v) is 2.25. The standard InChI is InChI=1S/C11H18N2O4/c1-2-16-11(15)13-6-4-12(5-7-13)9-3-8-17-10(9)14/h9H,2-8H2,1H3. The van der Waals surface area contributed by atoms with Crippen LogP contribution in [0.25, 0.3) is 0 Å². The maximum absolute atomic E-state index is 11.5. The molecule has 0 radical (unpaired) electrons. The van der Waals surface area contributed by atoms with E-state index >= 15 is 0 Å². The lowest BCUT2D eigenvalue weighted by Gasteiger charge is -2.35. The Morgan fingerprint density at radius 1 is 1.41 bits per heavy atom. The van der Waals surface area contributed by atoms with Crippen LogP contribution < -0.4 is 0 Å². The Balaban J connectivity index is 1.81. The van der Waals surface area contributed by atoms with E-state index in [1.165, 1.54) is 0 Å². The first-order valence-corrected chi connectivity index (χ1v) is 6.04. The predicted molar refractivity (Wildman–Crippen MR) is 59.5 cm³/mol. The number of ether oxygens (including phenoxy) is 2. The van der Waals surface area contributed by atoms with E-state index in [1.807, 2.05) is 0 Å². The van der Waals surface area contributed by atoms with Crippen molar-refractivity contribution in [2.24, 2.45) is 0 Å². The van der Waals surface area contributed by atoms with Crippen molar-refractivity contribution in [1.29, 1.82) is 0 Å². The van der Waals surface area contributed by atoms with E-state index in [0.29, 0.717) is 39.4 Å². The van der Waals surface area contributed by atoms with Crippen LogP contribution in [0.3, 0.4) is 0 Å². The number of piperazine rings is 1. The van der Waals surface area contributed by atoms with Crippen LogP contribution >= 0.6 is 0 Å². The summed E-state index contributed by atoms with van der Waals surface area (Å²) in [5.41, 5.74) is 0. The molecule has 0 aliphatic carbocycles. The Hall–Kier alpha value is -1.30. The van der Waals surface area contributed by atoms with E-state index in [4.69, 9.17) is 9.47 Å². The summed E-state index contributed by atoms with van der Waals surface area (Å²) < 4.78 is 9.89. The van der Waals surface area contributed by atoms with Gasteiger partial charge >= 0.3 is 12.1 Å². The van der Waals surface area contributed by atoms with Gasteiger partial charge in [0.15, 0.2) is 0 Å². The van der Waals surface area contributed by atoms with Gasteiger partial charge in [-0.15, -0.1) is 0 Å². The van der Waals surface area contributed by atoms with Crippen LogP contribution in [0.15, 0.2) is 0 Å². The molecule has 1 amide bonds. The number of rotatable bonds is 2. The number of carbonyl (C=O) groups is 2. The molecular weight excluding hydrogens is 224 g/mol. The van der Waals surface area contributed by atoms with Gasteiger partial charge in [-0.3, -0.25) is 9.69 Å². The van der Waals surface area contributed by atoms with Crippen LogP contribution in [0, 0.1) is 0 Å². The van der Waals surface area contributed by atoms with Gasteiger partial charge in [0.05, 0.1) is 13.2 Å². The van der Waals surface area contributed by atoms with Crippen molar-refractivity contribution in [3.63, 3.8) is 0 Å². The van der Waals surface area contributed by atoms with Crippen molar-refractivity contribution in [2.75, 3.05) is 39.4 Å². The smallest absolute Gasteiger partial charge is 0.409 e. The van der Waals surface area contributed by atoms with Gasteiger partial charge in [0.25, 0.3) is 0 Å². The molecule has 2 rings (SSSR count). The summed E-state index contributed by atoms with van der Waals surface area (Å²) in [7, 11) is 0. The number of hydrogen-bond acceptors (Lipinski definition) is 5. The summed E-state index contributed by atoms with van der Waals surface area (Å²) in [6, 6.07) is -0.112. The van der Waals surface area contributed by atoms with Gasteiger partial charge in [0, 0.05) is 32.6 Å². The molecule has 2 saturated heterocycles. The van der Waals surface area contributed by atoms with E-state index < -0.39 is 0 Å². The minimum Gasteiger partial charge on any atom is -0.464 e. The van der Waals surface area contributed by atoms with E-state index in [2.05, 4.69) is 4.90 Å². The molecule has 6 nitrogen and oxygen atoms in total. The average Bonchev–Trinajstić information content (AvgIpc) is 2.76. The van der Waals surface area contributed by atoms with Gasteiger partial charge in [-0.05, 0) is 6.92 Å². The second kappa shape index (κ2) is 5.35. The topological polar surface area (TPSA) is 59.1 Å². The number of carbonyl (C=O) groups excluding carboxylic acids is 2. The van der Waals surface area contributed by atoms with Gasteiger partial charge in [-0.1, -0.05) is 0 Å². The second-order valence-electron chi connectivity index (χ2n) is 4.19. The molecular formula is C11H18N2O4. The van der Waals surface area contributed by atoms with Gasteiger partial charge in [-0.2, -0.15) is 0 Å². The molecule has 2 heterocycles. The molecule has 6 heteroatoms. The minimum absolute atomic E-state index is 0.112. The highest BCUT2D eigenvalue weighted by Crippen LogP contribution is 2.16. The monoisotopic (exact) mass is 242 g/mol. The Labute approximate surface area is 100 Å². The zero-order valence-corrected chi connectivity index (χ0v) is 10.1. The minimum atomic E-state index is -0.263. The molecule has 0 aromatic carbocycles. The first kappa shape index (κ1) is 12.2. The molecule has 0 N–H and O–H groups in total. The number of nitrogens with zero attached hydrogens (tertiary/aromatic N) is 2. The quantitative estimate of drug-likeness (QED) is 0.642. The Morgan fingerprint density at radius 2 is 2.12 bits per heavy atom. The molecule has 2 aliphatic rings. The van der Waals surface area contributed by atoms with Crippen LogP contribution in [-0.4, -0.2) is 67.3 Å². The fraction of sp³-hybridized carbons (Fsp3) is 0.818. The van der Waals surface area contributed by atoms with E-state index in [0.717, 1.165) is 6.42 Å². The summed E-state index contributed by atoms with van der Waals surface area (Å²) in [5, 5.41) is 0. The molecule has 17 heavy (non-hydrogen) atoms. The largest absolute Gasteiger partial charge is 0.464 e. The van der Waals surface area contributed by atoms with E-state index in [9.17, 15) is 9.59 Å². The summed E-state index contributed by atoms with van der Waals surface area (Å²) in [4.78, 5) is 26.7. The van der Waals surface area contributed by atoms with Crippen LogP contribution in [0.5, 0.6) is 0 Å². The van der Waals surface area contributed by atoms with Gasteiger partial charge in [0.2, 0.25) is 0 Å². The number of esters is 1. The first-order valence-electron chi connectivity index (χ1n) is 6.04. The highest BCUT2D eigenvalue weighted by Gasteiger charge is 2.34. The van der Waals surface area contributed by atoms with Crippen molar-refractivity contribution in [1.82, 2.24) is 9.80 Å². The molecule has 2 fully saturated rings.